The van der Waals surface area contributed by atoms with Crippen LogP contribution in [-0.4, -0.2) is 57.3 Å². The van der Waals surface area contributed by atoms with Crippen molar-refractivity contribution in [2.45, 2.75) is 37.6 Å². The van der Waals surface area contributed by atoms with Crippen molar-refractivity contribution in [3.05, 3.63) is 58.9 Å². The molecule has 0 N–H and O–H groups in total. The maximum absolute atomic E-state index is 13.4. The number of piperazine rings is 1. The highest BCUT2D eigenvalue weighted by Crippen LogP contribution is 2.43. The Bertz CT molecular complexity index is 1250. The summed E-state index contributed by atoms with van der Waals surface area (Å²) in [4.78, 5) is 47.0. The second-order valence-corrected chi connectivity index (χ2v) is 8.24. The van der Waals surface area contributed by atoms with Gasteiger partial charge in [-0.1, -0.05) is 12.1 Å². The predicted molar refractivity (Wildman–Crippen MR) is 107 cm³/mol. The predicted octanol–water partition coefficient (Wildman–Crippen LogP) is 2.71. The summed E-state index contributed by atoms with van der Waals surface area (Å²) < 4.78 is 40.3. The highest BCUT2D eigenvalue weighted by atomic mass is 19.4. The number of hydrogen-bond donors (Lipinski definition) is 0. The lowest BCUT2D eigenvalue weighted by Crippen LogP contribution is -2.55. The van der Waals surface area contributed by atoms with E-state index in [0.717, 1.165) is 17.0 Å². The van der Waals surface area contributed by atoms with E-state index < -0.39 is 53.3 Å². The number of pyridine rings is 1. The Hall–Kier alpha value is -3.94. The number of carbonyl (C=O) groups excluding carboxylic acids is 3. The molecule has 3 saturated heterocycles. The molecule has 3 atom stereocenters. The van der Waals surface area contributed by atoms with Crippen LogP contribution in [0, 0.1) is 18.3 Å². The third-order valence-corrected chi connectivity index (χ3v) is 6.42. The van der Waals surface area contributed by atoms with Crippen LogP contribution in [-0.2, 0) is 11.0 Å². The monoisotopic (exact) mass is 455 g/mol. The van der Waals surface area contributed by atoms with E-state index in [1.165, 1.54) is 34.2 Å². The summed E-state index contributed by atoms with van der Waals surface area (Å²) in [6, 6.07) is 5.21. The van der Waals surface area contributed by atoms with Gasteiger partial charge in [-0.05, 0) is 37.1 Å². The summed E-state index contributed by atoms with van der Waals surface area (Å²) >= 11 is 0. The number of imide groups is 1. The first-order valence-electron chi connectivity index (χ1n) is 10.1. The van der Waals surface area contributed by atoms with Gasteiger partial charge in [0.1, 0.15) is 17.8 Å². The largest absolute Gasteiger partial charge is 0.417 e. The summed E-state index contributed by atoms with van der Waals surface area (Å²) in [5, 5.41) is 9.06. The van der Waals surface area contributed by atoms with E-state index in [2.05, 4.69) is 4.98 Å². The highest BCUT2D eigenvalue weighted by molar-refractivity contribution is 6.22. The minimum absolute atomic E-state index is 0.0453. The molecule has 2 aromatic rings. The Morgan fingerprint density at radius 1 is 1.24 bits per heavy atom. The number of halogens is 3. The van der Waals surface area contributed by atoms with Crippen molar-refractivity contribution in [3.63, 3.8) is 0 Å². The van der Waals surface area contributed by atoms with Gasteiger partial charge in [-0.15, -0.1) is 0 Å². The van der Waals surface area contributed by atoms with E-state index >= 15 is 0 Å². The number of nitrogens with zero attached hydrogens (tertiary/aromatic N) is 5. The number of rotatable bonds is 2. The van der Waals surface area contributed by atoms with Crippen molar-refractivity contribution >= 4 is 23.5 Å². The molecule has 0 spiro atoms. The lowest BCUT2D eigenvalue weighted by Gasteiger charge is -2.35. The first kappa shape index (κ1) is 20.9. The van der Waals surface area contributed by atoms with Crippen LogP contribution in [0.4, 0.5) is 23.7 Å². The van der Waals surface area contributed by atoms with Crippen molar-refractivity contribution in [2.24, 2.45) is 0 Å². The molecule has 4 amide bonds. The average Bonchev–Trinajstić information content (AvgIpc) is 3.44. The van der Waals surface area contributed by atoms with Crippen LogP contribution in [0.1, 0.15) is 33.6 Å². The van der Waals surface area contributed by atoms with Gasteiger partial charge in [0.15, 0.2) is 0 Å². The molecule has 8 nitrogen and oxygen atoms in total. The Balaban J connectivity index is 1.46. The van der Waals surface area contributed by atoms with Gasteiger partial charge in [0.25, 0.3) is 11.8 Å². The normalized spacial score (nSPS) is 23.8. The molecule has 0 saturated carbocycles. The van der Waals surface area contributed by atoms with Crippen LogP contribution in [0.3, 0.4) is 0 Å². The molecule has 3 fully saturated rings. The SMILES string of the molecule is Cc1cc(N2C(=O)[C@@H]3[C@@H]4C[C@@H](CN4C(=O)c4ccccc4C(F)(F)F)N3C2=O)cnc1C#N. The van der Waals surface area contributed by atoms with E-state index in [9.17, 15) is 27.6 Å². The number of urea groups is 1. The molecule has 3 aliphatic heterocycles. The molecule has 1 aromatic carbocycles. The van der Waals surface area contributed by atoms with Gasteiger partial charge in [0.2, 0.25) is 0 Å². The summed E-state index contributed by atoms with van der Waals surface area (Å²) in [7, 11) is 0. The summed E-state index contributed by atoms with van der Waals surface area (Å²) in [5.74, 6) is -1.38. The summed E-state index contributed by atoms with van der Waals surface area (Å²) in [5.41, 5.74) is -0.658. The number of anilines is 1. The van der Waals surface area contributed by atoms with E-state index in [1.807, 2.05) is 6.07 Å². The van der Waals surface area contributed by atoms with Crippen LogP contribution in [0.15, 0.2) is 36.5 Å². The van der Waals surface area contributed by atoms with E-state index in [1.54, 1.807) is 6.92 Å². The van der Waals surface area contributed by atoms with Crippen LogP contribution >= 0.6 is 0 Å². The van der Waals surface area contributed by atoms with Crippen LogP contribution in [0.5, 0.6) is 0 Å². The molecule has 0 unspecified atom stereocenters. The molecular weight excluding hydrogens is 439 g/mol. The lowest BCUT2D eigenvalue weighted by atomic mass is 10.0. The van der Waals surface area contributed by atoms with E-state index in [4.69, 9.17) is 5.26 Å². The van der Waals surface area contributed by atoms with Gasteiger partial charge >= 0.3 is 12.2 Å². The van der Waals surface area contributed by atoms with Gasteiger partial charge in [0.05, 0.1) is 35.1 Å². The van der Waals surface area contributed by atoms with Gasteiger partial charge in [-0.25, -0.2) is 14.7 Å². The third-order valence-electron chi connectivity index (χ3n) is 6.42. The summed E-state index contributed by atoms with van der Waals surface area (Å²) in [6.07, 6.45) is -3.12. The second-order valence-electron chi connectivity index (χ2n) is 8.24. The Morgan fingerprint density at radius 2 is 1.97 bits per heavy atom. The number of nitriles is 1. The van der Waals surface area contributed by atoms with Crippen molar-refractivity contribution in [1.82, 2.24) is 14.8 Å². The zero-order chi connectivity index (χ0) is 23.7. The van der Waals surface area contributed by atoms with Crippen molar-refractivity contribution in [3.8, 4) is 6.07 Å². The molecule has 4 heterocycles. The number of aromatic nitrogens is 1. The minimum atomic E-state index is -4.70. The van der Waals surface area contributed by atoms with Gasteiger partial charge in [-0.2, -0.15) is 18.4 Å². The summed E-state index contributed by atoms with van der Waals surface area (Å²) in [6.45, 7) is 1.67. The molecule has 33 heavy (non-hydrogen) atoms. The Kier molecular flexibility index (Phi) is 4.46. The number of hydrogen-bond acceptors (Lipinski definition) is 5. The van der Waals surface area contributed by atoms with Crippen LogP contribution in [0.25, 0.3) is 0 Å². The fraction of sp³-hybridized carbons (Fsp3) is 0.318. The number of benzene rings is 1. The number of fused-ring (bicyclic) bond motifs is 5. The smallest absolute Gasteiger partial charge is 0.331 e. The molecule has 0 aliphatic carbocycles. The maximum atomic E-state index is 13.4. The zero-order valence-electron chi connectivity index (χ0n) is 17.2. The maximum Gasteiger partial charge on any atom is 0.417 e. The van der Waals surface area contributed by atoms with Crippen LogP contribution < -0.4 is 4.90 Å². The molecular formula is C22H16F3N5O3. The first-order valence-corrected chi connectivity index (χ1v) is 10.1. The Morgan fingerprint density at radius 3 is 2.64 bits per heavy atom. The molecule has 0 radical (unpaired) electrons. The number of alkyl halides is 3. The average molecular weight is 455 g/mol. The van der Waals surface area contributed by atoms with Gasteiger partial charge in [-0.3, -0.25) is 9.59 Å². The van der Waals surface area contributed by atoms with Gasteiger partial charge in [0, 0.05) is 6.54 Å². The molecule has 2 bridgehead atoms. The molecule has 3 aliphatic rings. The lowest BCUT2D eigenvalue weighted by molar-refractivity contribution is -0.138. The molecule has 168 valence electrons. The molecule has 11 heteroatoms. The zero-order valence-corrected chi connectivity index (χ0v) is 17.2. The number of amides is 4. The fourth-order valence-corrected chi connectivity index (χ4v) is 5.00. The number of likely N-dealkylation sites (tertiary alicyclic amines) is 1. The topological polar surface area (TPSA) is 97.6 Å². The Labute approximate surface area is 185 Å². The fourth-order valence-electron chi connectivity index (χ4n) is 5.00. The highest BCUT2D eigenvalue weighted by Gasteiger charge is 2.63. The van der Waals surface area contributed by atoms with Crippen molar-refractivity contribution in [1.29, 1.82) is 5.26 Å². The van der Waals surface area contributed by atoms with Crippen molar-refractivity contribution in [2.75, 3.05) is 11.4 Å². The second kappa shape index (κ2) is 7.03. The quantitative estimate of drug-likeness (QED) is 0.649. The first-order chi connectivity index (χ1) is 15.6. The van der Waals surface area contributed by atoms with Crippen LogP contribution in [0.2, 0.25) is 0 Å². The molecule has 1 aromatic heterocycles. The number of carbonyl (C=O) groups is 3. The molecule has 5 rings (SSSR count). The number of aryl methyl sites for hydroxylation is 1. The third kappa shape index (κ3) is 2.97. The van der Waals surface area contributed by atoms with E-state index in [-0.39, 0.29) is 17.9 Å². The van der Waals surface area contributed by atoms with E-state index in [0.29, 0.717) is 12.0 Å². The minimum Gasteiger partial charge on any atom is -0.331 e. The standard InChI is InChI=1S/C22H16F3N5O3/c1-11-6-12(9-27-16(11)8-26)30-20(32)18-17-7-13(29(18)21(30)33)10-28(17)19(31)14-4-2-3-5-15(14)22(23,24)25/h2-6,9,13,17-18H,7,10H2,1H3/t13-,17-,18-/m0/s1. The van der Waals surface area contributed by atoms with Crippen molar-refractivity contribution < 1.29 is 27.6 Å². The van der Waals surface area contributed by atoms with Gasteiger partial charge < -0.3 is 9.80 Å².